The predicted octanol–water partition coefficient (Wildman–Crippen LogP) is 8.78. The Morgan fingerprint density at radius 1 is 0.763 bits per heavy atom. The Labute approximate surface area is 240 Å². The first-order valence-electron chi connectivity index (χ1n) is 14.9. The van der Waals surface area contributed by atoms with Gasteiger partial charge in [-0.1, -0.05) is 67.7 Å². The van der Waals surface area contributed by atoms with Gasteiger partial charge in [0.25, 0.3) is 0 Å². The van der Waals surface area contributed by atoms with Crippen LogP contribution in [0.15, 0.2) is 0 Å². The molecular weight excluding hydrogens is 500 g/mol. The zero-order chi connectivity index (χ0) is 30.1. The number of hydrogen-bond donors (Lipinski definition) is 0. The van der Waals surface area contributed by atoms with E-state index in [9.17, 15) is 14.4 Å². The Hall–Kier alpha value is -1.24. The molecule has 1 saturated heterocycles. The molecule has 0 aromatic carbocycles. The van der Waals surface area contributed by atoms with Gasteiger partial charge in [-0.2, -0.15) is 11.8 Å². The van der Waals surface area contributed by atoms with Crippen LogP contribution < -0.4 is 0 Å². The van der Waals surface area contributed by atoms with Crippen LogP contribution in [0.4, 0.5) is 0 Å². The van der Waals surface area contributed by atoms with Crippen molar-refractivity contribution in [1.29, 1.82) is 0 Å². The monoisotopic (exact) mass is 562 g/mol. The van der Waals surface area contributed by atoms with E-state index in [-0.39, 0.29) is 36.2 Å². The number of carbonyl (C=O) groups excluding carboxylic acids is 3. The van der Waals surface area contributed by atoms with Gasteiger partial charge in [-0.3, -0.25) is 14.4 Å². The number of unbranched alkanes of at least 4 members (excludes halogenated alkanes) is 2. The third-order valence-corrected chi connectivity index (χ3v) is 7.28. The molecule has 0 bridgehead atoms. The van der Waals surface area contributed by atoms with Crippen molar-refractivity contribution >= 4 is 29.7 Å². The summed E-state index contributed by atoms with van der Waals surface area (Å²) < 4.78 is 14.7. The van der Waals surface area contributed by atoms with Crippen LogP contribution in [0.2, 0.25) is 0 Å². The van der Waals surface area contributed by atoms with E-state index in [1.165, 1.54) is 51.2 Å². The minimum Gasteiger partial charge on any atom is -0.463 e. The minimum absolute atomic E-state index is 0.0255. The van der Waals surface area contributed by atoms with E-state index in [1.54, 1.807) is 6.92 Å². The second-order valence-electron chi connectivity index (χ2n) is 10.8. The molecule has 0 aromatic heterocycles. The molecule has 3 unspecified atom stereocenters. The van der Waals surface area contributed by atoms with E-state index < -0.39 is 0 Å². The van der Waals surface area contributed by atoms with Crippen LogP contribution in [0.5, 0.6) is 0 Å². The van der Waals surface area contributed by atoms with Crippen LogP contribution in [-0.4, -0.2) is 47.2 Å². The Bertz CT molecular complexity index is 571. The van der Waals surface area contributed by atoms with E-state index in [2.05, 4.69) is 23.4 Å². The largest absolute Gasteiger partial charge is 0.463 e. The maximum absolute atomic E-state index is 10.9. The highest BCUT2D eigenvalue weighted by atomic mass is 32.2. The van der Waals surface area contributed by atoms with Gasteiger partial charge >= 0.3 is 17.9 Å². The summed E-state index contributed by atoms with van der Waals surface area (Å²) in [4.78, 5) is 31.7. The standard InChI is InChI=1S/C9H18O2.C9H18S.C8H16O2.C5H10O2/c1-5-6-9(10)11-8(4)7(2)3;1-2-3-4-6-9-7-5-8-10-9;1-5-8(9)10-7(4)6(2)3;1-4(2)7-5(3)6/h7-8H,5-6H2,1-4H3;9H,2-8H2,1H3;6-7H,5H2,1-4H3;4H,1-3H3. The van der Waals surface area contributed by atoms with Gasteiger partial charge in [-0.05, 0) is 71.0 Å². The lowest BCUT2D eigenvalue weighted by atomic mass is 10.1. The Kier molecular flexibility index (Phi) is 29.7. The van der Waals surface area contributed by atoms with Crippen molar-refractivity contribution in [2.75, 3.05) is 5.75 Å². The van der Waals surface area contributed by atoms with Crippen LogP contribution in [0.25, 0.3) is 0 Å². The summed E-state index contributed by atoms with van der Waals surface area (Å²) in [5, 5.41) is 1.03. The van der Waals surface area contributed by atoms with Gasteiger partial charge in [0, 0.05) is 25.0 Å². The predicted molar refractivity (Wildman–Crippen MR) is 163 cm³/mol. The minimum atomic E-state index is -0.213. The fourth-order valence-electron chi connectivity index (χ4n) is 2.86. The van der Waals surface area contributed by atoms with E-state index in [0.29, 0.717) is 24.7 Å². The molecule has 1 heterocycles. The molecule has 0 amide bonds. The molecule has 3 atom stereocenters. The molecule has 0 aliphatic carbocycles. The van der Waals surface area contributed by atoms with Gasteiger partial charge in [-0.25, -0.2) is 0 Å². The number of carbonyl (C=O) groups is 3. The third-order valence-electron chi connectivity index (χ3n) is 5.81. The van der Waals surface area contributed by atoms with Gasteiger partial charge in [-0.15, -0.1) is 0 Å². The van der Waals surface area contributed by atoms with Gasteiger partial charge in [0.05, 0.1) is 6.10 Å². The van der Waals surface area contributed by atoms with Crippen molar-refractivity contribution < 1.29 is 28.6 Å². The normalized spacial score (nSPS) is 15.7. The molecule has 0 radical (unpaired) electrons. The van der Waals surface area contributed by atoms with Crippen LogP contribution in [0.3, 0.4) is 0 Å². The topological polar surface area (TPSA) is 78.9 Å². The zero-order valence-electron chi connectivity index (χ0n) is 26.9. The second-order valence-corrected chi connectivity index (χ2v) is 12.2. The summed E-state index contributed by atoms with van der Waals surface area (Å²) in [6.07, 6.45) is 10.7. The lowest BCUT2D eigenvalue weighted by Crippen LogP contribution is -2.19. The molecule has 1 rings (SSSR count). The first-order chi connectivity index (χ1) is 17.7. The molecule has 1 aliphatic heterocycles. The van der Waals surface area contributed by atoms with E-state index in [0.717, 1.165) is 11.7 Å². The number of ether oxygens (including phenoxy) is 3. The van der Waals surface area contributed by atoms with Gasteiger partial charge in [0.1, 0.15) is 12.2 Å². The number of esters is 3. The summed E-state index contributed by atoms with van der Waals surface area (Å²) >= 11 is 2.19. The summed E-state index contributed by atoms with van der Waals surface area (Å²) in [7, 11) is 0. The van der Waals surface area contributed by atoms with Crippen molar-refractivity contribution in [1.82, 2.24) is 0 Å². The Morgan fingerprint density at radius 2 is 1.29 bits per heavy atom. The highest BCUT2D eigenvalue weighted by molar-refractivity contribution is 8.00. The summed E-state index contributed by atoms with van der Waals surface area (Å²) in [6, 6.07) is 0. The molecule has 6 nitrogen and oxygen atoms in total. The molecule has 1 aliphatic rings. The molecule has 38 heavy (non-hydrogen) atoms. The third kappa shape index (κ3) is 31.0. The van der Waals surface area contributed by atoms with E-state index >= 15 is 0 Å². The molecule has 0 aromatic rings. The molecule has 0 spiro atoms. The second kappa shape index (κ2) is 27.3. The van der Waals surface area contributed by atoms with E-state index in [4.69, 9.17) is 9.47 Å². The smallest absolute Gasteiger partial charge is 0.306 e. The average Bonchev–Trinajstić information content (AvgIpc) is 3.33. The van der Waals surface area contributed by atoms with Crippen molar-refractivity contribution in [2.24, 2.45) is 11.8 Å². The Balaban J connectivity index is -0.000000435. The molecule has 0 saturated carbocycles. The number of hydrogen-bond acceptors (Lipinski definition) is 7. The van der Waals surface area contributed by atoms with Crippen molar-refractivity contribution in [3.05, 3.63) is 0 Å². The lowest BCUT2D eigenvalue weighted by Gasteiger charge is -2.15. The average molecular weight is 563 g/mol. The molecule has 1 fully saturated rings. The van der Waals surface area contributed by atoms with Crippen LogP contribution >= 0.6 is 11.8 Å². The van der Waals surface area contributed by atoms with Crippen molar-refractivity contribution in [3.63, 3.8) is 0 Å². The number of thioether (sulfide) groups is 1. The molecular formula is C31H62O6S. The van der Waals surface area contributed by atoms with E-state index in [1.807, 2.05) is 62.3 Å². The quantitative estimate of drug-likeness (QED) is 0.134. The van der Waals surface area contributed by atoms with Gasteiger partial charge < -0.3 is 14.2 Å². The fourth-order valence-corrected chi connectivity index (χ4v) is 4.19. The molecule has 228 valence electrons. The van der Waals surface area contributed by atoms with Crippen LogP contribution in [0.1, 0.15) is 141 Å². The molecule has 0 N–H and O–H groups in total. The first kappa shape index (κ1) is 41.2. The lowest BCUT2D eigenvalue weighted by molar-refractivity contribution is -0.151. The van der Waals surface area contributed by atoms with Gasteiger partial charge in [0.2, 0.25) is 0 Å². The molecule has 7 heteroatoms. The maximum Gasteiger partial charge on any atom is 0.306 e. The number of rotatable bonds is 12. The fraction of sp³-hybridized carbons (Fsp3) is 0.903. The highest BCUT2D eigenvalue weighted by Gasteiger charge is 2.14. The Morgan fingerprint density at radius 3 is 1.61 bits per heavy atom. The van der Waals surface area contributed by atoms with Gasteiger partial charge in [0.15, 0.2) is 0 Å². The highest BCUT2D eigenvalue weighted by Crippen LogP contribution is 2.29. The SMILES string of the molecule is CC(=O)OC(C)C.CCC(=O)OC(C)C(C)C.CCCC(=O)OC(C)C(C)C.CCCCCC1CCCS1. The van der Waals surface area contributed by atoms with Crippen LogP contribution in [0, 0.1) is 11.8 Å². The summed E-state index contributed by atoms with van der Waals surface area (Å²) in [6.45, 7) is 23.1. The first-order valence-corrected chi connectivity index (χ1v) is 15.9. The zero-order valence-corrected chi connectivity index (χ0v) is 27.7. The van der Waals surface area contributed by atoms with Crippen molar-refractivity contribution in [2.45, 2.75) is 164 Å². The van der Waals surface area contributed by atoms with Crippen molar-refractivity contribution in [3.8, 4) is 0 Å². The maximum atomic E-state index is 10.9. The summed E-state index contributed by atoms with van der Waals surface area (Å²) in [5.74, 6) is 1.85. The van der Waals surface area contributed by atoms with Crippen LogP contribution in [-0.2, 0) is 28.6 Å². The summed E-state index contributed by atoms with van der Waals surface area (Å²) in [5.41, 5.74) is 0.